The van der Waals surface area contributed by atoms with Crippen LogP contribution < -0.4 is 14.8 Å². The fourth-order valence-corrected chi connectivity index (χ4v) is 4.84. The summed E-state index contributed by atoms with van der Waals surface area (Å²) in [4.78, 5) is 12.8. The molecule has 166 valence electrons. The van der Waals surface area contributed by atoms with E-state index >= 15 is 0 Å². The van der Waals surface area contributed by atoms with E-state index in [-0.39, 0.29) is 17.3 Å². The standard InChI is InChI=1S/C24H24N2O5S/c1-2-26(17-18-6-4-3-5-7-18)32(28,29)21-11-8-19(9-12-21)24(27)25-20-10-13-22-23(16-20)31-15-14-30-22/h3-13,16H,2,14-15,17H2,1H3,(H,25,27). The molecule has 0 saturated heterocycles. The summed E-state index contributed by atoms with van der Waals surface area (Å²) in [6.07, 6.45) is 0. The maximum absolute atomic E-state index is 13.1. The molecule has 1 heterocycles. The van der Waals surface area contributed by atoms with Crippen molar-refractivity contribution in [3.63, 3.8) is 0 Å². The average Bonchev–Trinajstić information content (AvgIpc) is 2.83. The van der Waals surface area contributed by atoms with Gasteiger partial charge in [0.05, 0.1) is 4.90 Å². The number of fused-ring (bicyclic) bond motifs is 1. The third-order valence-corrected chi connectivity index (χ3v) is 7.04. The number of hydrogen-bond acceptors (Lipinski definition) is 5. The Balaban J connectivity index is 1.47. The predicted octanol–water partition coefficient (Wildman–Crippen LogP) is 3.92. The lowest BCUT2D eigenvalue weighted by Gasteiger charge is -2.21. The van der Waals surface area contributed by atoms with Crippen LogP contribution in [0, 0.1) is 0 Å². The molecule has 1 aliphatic rings. The number of nitrogens with one attached hydrogen (secondary N) is 1. The van der Waals surface area contributed by atoms with Crippen LogP contribution in [0.25, 0.3) is 0 Å². The van der Waals surface area contributed by atoms with Crippen molar-refractivity contribution in [2.24, 2.45) is 0 Å². The number of rotatable bonds is 7. The van der Waals surface area contributed by atoms with E-state index in [0.717, 1.165) is 5.56 Å². The summed E-state index contributed by atoms with van der Waals surface area (Å²) < 4.78 is 38.6. The monoisotopic (exact) mass is 452 g/mol. The number of amides is 1. The summed E-state index contributed by atoms with van der Waals surface area (Å²) in [7, 11) is -3.69. The fourth-order valence-electron chi connectivity index (χ4n) is 3.41. The van der Waals surface area contributed by atoms with E-state index in [9.17, 15) is 13.2 Å². The van der Waals surface area contributed by atoms with Crippen molar-refractivity contribution >= 4 is 21.6 Å². The van der Waals surface area contributed by atoms with Gasteiger partial charge >= 0.3 is 0 Å². The summed E-state index contributed by atoms with van der Waals surface area (Å²) in [5.41, 5.74) is 1.83. The van der Waals surface area contributed by atoms with Gasteiger partial charge in [-0.1, -0.05) is 37.3 Å². The maximum Gasteiger partial charge on any atom is 0.255 e. The molecule has 0 fully saturated rings. The van der Waals surface area contributed by atoms with Crippen LogP contribution >= 0.6 is 0 Å². The SMILES string of the molecule is CCN(Cc1ccccc1)S(=O)(=O)c1ccc(C(=O)Nc2ccc3c(c2)OCCO3)cc1. The Bertz CT molecular complexity index is 1190. The molecule has 7 nitrogen and oxygen atoms in total. The number of hydrogen-bond donors (Lipinski definition) is 1. The average molecular weight is 453 g/mol. The molecule has 0 radical (unpaired) electrons. The Morgan fingerprint density at radius 3 is 2.31 bits per heavy atom. The summed E-state index contributed by atoms with van der Waals surface area (Å²) in [5, 5.41) is 2.80. The number of sulfonamides is 1. The zero-order valence-corrected chi connectivity index (χ0v) is 18.5. The second-order valence-electron chi connectivity index (χ2n) is 7.25. The van der Waals surface area contributed by atoms with E-state index < -0.39 is 10.0 Å². The van der Waals surface area contributed by atoms with Crippen LogP contribution in [0.5, 0.6) is 11.5 Å². The van der Waals surface area contributed by atoms with Gasteiger partial charge in [-0.15, -0.1) is 0 Å². The summed E-state index contributed by atoms with van der Waals surface area (Å²) >= 11 is 0. The molecule has 3 aromatic rings. The molecule has 0 aliphatic carbocycles. The van der Waals surface area contributed by atoms with Crippen LogP contribution in [0.1, 0.15) is 22.8 Å². The zero-order valence-electron chi connectivity index (χ0n) is 17.7. The number of anilines is 1. The highest BCUT2D eigenvalue weighted by Crippen LogP contribution is 2.32. The molecule has 3 aromatic carbocycles. The fraction of sp³-hybridized carbons (Fsp3) is 0.208. The van der Waals surface area contributed by atoms with Crippen molar-refractivity contribution in [3.8, 4) is 11.5 Å². The number of carbonyl (C=O) groups is 1. The van der Waals surface area contributed by atoms with Gasteiger partial charge in [-0.3, -0.25) is 4.79 Å². The minimum Gasteiger partial charge on any atom is -0.486 e. The second-order valence-corrected chi connectivity index (χ2v) is 9.19. The van der Waals surface area contributed by atoms with E-state index in [1.54, 1.807) is 25.1 Å². The van der Waals surface area contributed by atoms with Gasteiger partial charge in [0.2, 0.25) is 10.0 Å². The Morgan fingerprint density at radius 1 is 0.938 bits per heavy atom. The molecule has 0 saturated carbocycles. The smallest absolute Gasteiger partial charge is 0.255 e. The minimum absolute atomic E-state index is 0.145. The molecule has 1 N–H and O–H groups in total. The molecule has 32 heavy (non-hydrogen) atoms. The van der Waals surface area contributed by atoms with Crippen LogP contribution in [0.15, 0.2) is 77.7 Å². The van der Waals surface area contributed by atoms with Crippen LogP contribution in [0.3, 0.4) is 0 Å². The second kappa shape index (κ2) is 9.42. The molecule has 0 spiro atoms. The molecule has 0 atom stereocenters. The van der Waals surface area contributed by atoms with Gasteiger partial charge in [-0.2, -0.15) is 4.31 Å². The minimum atomic E-state index is -3.69. The first-order chi connectivity index (χ1) is 15.5. The van der Waals surface area contributed by atoms with E-state index in [0.29, 0.717) is 42.5 Å². The van der Waals surface area contributed by atoms with Crippen molar-refractivity contribution in [1.82, 2.24) is 4.31 Å². The van der Waals surface area contributed by atoms with Crippen molar-refractivity contribution in [2.75, 3.05) is 25.1 Å². The highest BCUT2D eigenvalue weighted by Gasteiger charge is 2.23. The first kappa shape index (κ1) is 21.9. The topological polar surface area (TPSA) is 84.9 Å². The van der Waals surface area contributed by atoms with Crippen LogP contribution in [0.4, 0.5) is 5.69 Å². The molecule has 4 rings (SSSR count). The Hall–Kier alpha value is -3.36. The summed E-state index contributed by atoms with van der Waals surface area (Å²) in [6, 6.07) is 20.6. The van der Waals surface area contributed by atoms with Crippen LogP contribution in [-0.2, 0) is 16.6 Å². The van der Waals surface area contributed by atoms with E-state index in [2.05, 4.69) is 5.32 Å². The number of benzene rings is 3. The lowest BCUT2D eigenvalue weighted by molar-refractivity contribution is 0.102. The van der Waals surface area contributed by atoms with E-state index in [4.69, 9.17) is 9.47 Å². The number of carbonyl (C=O) groups excluding carboxylic acids is 1. The van der Waals surface area contributed by atoms with Crippen molar-refractivity contribution < 1.29 is 22.7 Å². The quantitative estimate of drug-likeness (QED) is 0.587. The Kier molecular flexibility index (Phi) is 6.43. The van der Waals surface area contributed by atoms with Crippen LogP contribution in [-0.4, -0.2) is 38.4 Å². The normalized spacial score (nSPS) is 13.1. The third-order valence-electron chi connectivity index (χ3n) is 5.11. The Morgan fingerprint density at radius 2 is 1.62 bits per heavy atom. The largest absolute Gasteiger partial charge is 0.486 e. The van der Waals surface area contributed by atoms with Gasteiger partial charge in [-0.05, 0) is 42.0 Å². The molecule has 1 aliphatic heterocycles. The molecule has 1 amide bonds. The third kappa shape index (κ3) is 4.76. The van der Waals surface area contributed by atoms with Crippen molar-refractivity contribution in [1.29, 1.82) is 0 Å². The molecule has 8 heteroatoms. The first-order valence-corrected chi connectivity index (χ1v) is 11.8. The lowest BCUT2D eigenvalue weighted by Crippen LogP contribution is -2.30. The maximum atomic E-state index is 13.1. The molecule has 0 aromatic heterocycles. The molecular formula is C24H24N2O5S. The molecular weight excluding hydrogens is 428 g/mol. The van der Waals surface area contributed by atoms with Crippen molar-refractivity contribution in [3.05, 3.63) is 83.9 Å². The summed E-state index contributed by atoms with van der Waals surface area (Å²) in [5.74, 6) is 0.871. The van der Waals surface area contributed by atoms with Gasteiger partial charge in [0, 0.05) is 30.4 Å². The van der Waals surface area contributed by atoms with Gasteiger partial charge in [-0.25, -0.2) is 8.42 Å². The number of ether oxygens (including phenoxy) is 2. The van der Waals surface area contributed by atoms with Gasteiger partial charge in [0.25, 0.3) is 5.91 Å². The van der Waals surface area contributed by atoms with E-state index in [1.807, 2.05) is 30.3 Å². The van der Waals surface area contributed by atoms with Gasteiger partial charge in [0.1, 0.15) is 13.2 Å². The van der Waals surface area contributed by atoms with Crippen molar-refractivity contribution in [2.45, 2.75) is 18.4 Å². The number of nitrogens with zero attached hydrogens (tertiary/aromatic N) is 1. The molecule has 0 unspecified atom stereocenters. The van der Waals surface area contributed by atoms with E-state index in [1.165, 1.54) is 28.6 Å². The highest BCUT2D eigenvalue weighted by molar-refractivity contribution is 7.89. The highest BCUT2D eigenvalue weighted by atomic mass is 32.2. The van der Waals surface area contributed by atoms with Gasteiger partial charge in [0.15, 0.2) is 11.5 Å². The first-order valence-electron chi connectivity index (χ1n) is 10.3. The molecule has 0 bridgehead atoms. The Labute approximate surface area is 187 Å². The zero-order chi connectivity index (χ0) is 22.6. The predicted molar refractivity (Wildman–Crippen MR) is 122 cm³/mol. The summed E-state index contributed by atoms with van der Waals surface area (Å²) in [6.45, 7) is 3.37. The van der Waals surface area contributed by atoms with Gasteiger partial charge < -0.3 is 14.8 Å². The van der Waals surface area contributed by atoms with Crippen LogP contribution in [0.2, 0.25) is 0 Å². The lowest BCUT2D eigenvalue weighted by atomic mass is 10.2.